The molecule has 1 aliphatic heterocycles. The van der Waals surface area contributed by atoms with Crippen molar-refractivity contribution >= 4 is 13.3 Å². The van der Waals surface area contributed by atoms with E-state index in [-0.39, 0.29) is 0 Å². The molecule has 1 aromatic rings. The fraction of sp³-hybridized carbons (Fsp3) is 0.647. The molecule has 0 aromatic heterocycles. The van der Waals surface area contributed by atoms with Gasteiger partial charge in [-0.25, -0.2) is 0 Å². The highest BCUT2D eigenvalue weighted by molar-refractivity contribution is 6.88. The lowest BCUT2D eigenvalue weighted by Crippen LogP contribution is -2.43. The van der Waals surface area contributed by atoms with E-state index < -0.39 is 8.07 Å². The van der Waals surface area contributed by atoms with Crippen LogP contribution in [0.4, 0.5) is 0 Å². The molecule has 2 rings (SSSR count). The molecular weight excluding hydrogens is 246 g/mol. The molecule has 106 valence electrons. The minimum atomic E-state index is -1.15. The second-order valence-corrected chi connectivity index (χ2v) is 12.3. The number of likely N-dealkylation sites (tertiary alicyclic amines) is 1. The van der Waals surface area contributed by atoms with Crippen LogP contribution in [0.1, 0.15) is 38.7 Å². The van der Waals surface area contributed by atoms with E-state index in [2.05, 4.69) is 62.7 Å². The summed E-state index contributed by atoms with van der Waals surface area (Å²) < 4.78 is 0. The summed E-state index contributed by atoms with van der Waals surface area (Å²) in [6, 6.07) is 10.9. The van der Waals surface area contributed by atoms with E-state index in [4.69, 9.17) is 0 Å². The van der Waals surface area contributed by atoms with E-state index >= 15 is 0 Å². The summed E-state index contributed by atoms with van der Waals surface area (Å²) in [6.45, 7) is 13.1. The van der Waals surface area contributed by atoms with Crippen LogP contribution in [0.5, 0.6) is 0 Å². The van der Waals surface area contributed by atoms with Gasteiger partial charge < -0.3 is 0 Å². The van der Waals surface area contributed by atoms with Crippen LogP contribution in [-0.2, 0) is 6.54 Å². The number of rotatable bonds is 3. The van der Waals surface area contributed by atoms with Crippen LogP contribution >= 0.6 is 0 Å². The zero-order valence-corrected chi connectivity index (χ0v) is 14.2. The standard InChI is InChI=1S/C17H29NSi/c1-14-7-6-8-15(2)18(14)13-16-9-11-17(12-10-16)19(3,4)5/h9-12,14-15H,6-8,13H2,1-5H3. The van der Waals surface area contributed by atoms with Crippen molar-refractivity contribution in [3.8, 4) is 0 Å². The van der Waals surface area contributed by atoms with Gasteiger partial charge in [-0.15, -0.1) is 0 Å². The lowest BCUT2D eigenvalue weighted by atomic mass is 9.97. The lowest BCUT2D eigenvalue weighted by molar-refractivity contribution is 0.0953. The molecule has 0 radical (unpaired) electrons. The van der Waals surface area contributed by atoms with Crippen LogP contribution in [0.3, 0.4) is 0 Å². The first-order valence-corrected chi connectivity index (χ1v) is 11.2. The summed E-state index contributed by atoms with van der Waals surface area (Å²) in [4.78, 5) is 2.67. The molecule has 0 saturated carbocycles. The summed E-state index contributed by atoms with van der Waals surface area (Å²) in [7, 11) is -1.15. The van der Waals surface area contributed by atoms with Gasteiger partial charge in [0, 0.05) is 18.6 Å². The first kappa shape index (κ1) is 14.8. The topological polar surface area (TPSA) is 3.24 Å². The molecule has 0 aliphatic carbocycles. The Bertz CT molecular complexity index is 394. The van der Waals surface area contributed by atoms with Crippen molar-refractivity contribution in [3.63, 3.8) is 0 Å². The molecule has 0 amide bonds. The maximum atomic E-state index is 2.67. The third-order valence-corrected chi connectivity index (χ3v) is 6.63. The Morgan fingerprint density at radius 2 is 1.53 bits per heavy atom. The number of hydrogen-bond acceptors (Lipinski definition) is 1. The van der Waals surface area contributed by atoms with Gasteiger partial charge in [-0.2, -0.15) is 0 Å². The van der Waals surface area contributed by atoms with Gasteiger partial charge in [-0.1, -0.05) is 55.5 Å². The Kier molecular flexibility index (Phi) is 4.52. The van der Waals surface area contributed by atoms with Crippen molar-refractivity contribution in [2.75, 3.05) is 0 Å². The normalized spacial score (nSPS) is 25.5. The Hall–Kier alpha value is -0.603. The first-order chi connectivity index (χ1) is 8.88. The van der Waals surface area contributed by atoms with Crippen LogP contribution < -0.4 is 5.19 Å². The molecule has 2 atom stereocenters. The van der Waals surface area contributed by atoms with Crippen molar-refractivity contribution in [1.82, 2.24) is 4.90 Å². The molecule has 1 aliphatic rings. The molecule has 2 unspecified atom stereocenters. The number of nitrogens with zero attached hydrogens (tertiary/aromatic N) is 1. The van der Waals surface area contributed by atoms with E-state index in [1.165, 1.54) is 24.8 Å². The van der Waals surface area contributed by atoms with E-state index in [0.29, 0.717) is 0 Å². The van der Waals surface area contributed by atoms with Crippen molar-refractivity contribution in [2.24, 2.45) is 0 Å². The maximum Gasteiger partial charge on any atom is 0.0775 e. The van der Waals surface area contributed by atoms with Gasteiger partial charge in [0.15, 0.2) is 0 Å². The summed E-state index contributed by atoms with van der Waals surface area (Å²) in [6.07, 6.45) is 4.11. The quantitative estimate of drug-likeness (QED) is 0.754. The maximum absolute atomic E-state index is 2.67. The number of hydrogen-bond donors (Lipinski definition) is 0. The lowest BCUT2D eigenvalue weighted by Gasteiger charge is -2.39. The Morgan fingerprint density at radius 1 is 1.00 bits per heavy atom. The summed E-state index contributed by atoms with van der Waals surface area (Å²) >= 11 is 0. The Labute approximate surface area is 120 Å². The molecule has 0 bridgehead atoms. The molecule has 1 aromatic carbocycles. The van der Waals surface area contributed by atoms with Gasteiger partial charge in [0.1, 0.15) is 0 Å². The van der Waals surface area contributed by atoms with Crippen LogP contribution in [0.2, 0.25) is 19.6 Å². The monoisotopic (exact) mass is 275 g/mol. The molecular formula is C17H29NSi. The van der Waals surface area contributed by atoms with Gasteiger partial charge in [0.05, 0.1) is 8.07 Å². The molecule has 1 saturated heterocycles. The van der Waals surface area contributed by atoms with Gasteiger partial charge >= 0.3 is 0 Å². The zero-order chi connectivity index (χ0) is 14.0. The predicted octanol–water partition coefficient (Wildman–Crippen LogP) is 3.99. The summed E-state index contributed by atoms with van der Waals surface area (Å²) in [5.41, 5.74) is 1.47. The van der Waals surface area contributed by atoms with E-state index in [0.717, 1.165) is 18.6 Å². The smallest absolute Gasteiger partial charge is 0.0775 e. The fourth-order valence-electron chi connectivity index (χ4n) is 3.11. The van der Waals surface area contributed by atoms with Gasteiger partial charge in [-0.3, -0.25) is 4.90 Å². The van der Waals surface area contributed by atoms with Crippen LogP contribution in [0.25, 0.3) is 0 Å². The van der Waals surface area contributed by atoms with E-state index in [1.54, 1.807) is 5.19 Å². The highest BCUT2D eigenvalue weighted by atomic mass is 28.3. The van der Waals surface area contributed by atoms with Crippen LogP contribution in [0.15, 0.2) is 24.3 Å². The van der Waals surface area contributed by atoms with Crippen molar-refractivity contribution < 1.29 is 0 Å². The van der Waals surface area contributed by atoms with Crippen molar-refractivity contribution in [1.29, 1.82) is 0 Å². The fourth-order valence-corrected chi connectivity index (χ4v) is 4.27. The zero-order valence-electron chi connectivity index (χ0n) is 13.2. The molecule has 1 nitrogen and oxygen atoms in total. The highest BCUT2D eigenvalue weighted by Gasteiger charge is 2.24. The average Bonchev–Trinajstić information content (AvgIpc) is 2.33. The highest BCUT2D eigenvalue weighted by Crippen LogP contribution is 2.24. The largest absolute Gasteiger partial charge is 0.294 e. The second-order valence-electron chi connectivity index (χ2n) is 7.25. The second kappa shape index (κ2) is 5.80. The Morgan fingerprint density at radius 3 is 2.00 bits per heavy atom. The summed E-state index contributed by atoms with van der Waals surface area (Å²) in [5.74, 6) is 0. The van der Waals surface area contributed by atoms with E-state index in [1.807, 2.05) is 0 Å². The molecule has 0 N–H and O–H groups in total. The third kappa shape index (κ3) is 3.70. The van der Waals surface area contributed by atoms with Gasteiger partial charge in [0.25, 0.3) is 0 Å². The van der Waals surface area contributed by atoms with Crippen molar-refractivity contribution in [2.45, 2.75) is 71.4 Å². The average molecular weight is 276 g/mol. The minimum Gasteiger partial charge on any atom is -0.294 e. The van der Waals surface area contributed by atoms with E-state index in [9.17, 15) is 0 Å². The Balaban J connectivity index is 2.07. The third-order valence-electron chi connectivity index (χ3n) is 4.56. The van der Waals surface area contributed by atoms with Gasteiger partial charge in [0.2, 0.25) is 0 Å². The first-order valence-electron chi connectivity index (χ1n) is 7.73. The molecule has 1 heterocycles. The van der Waals surface area contributed by atoms with Crippen molar-refractivity contribution in [3.05, 3.63) is 29.8 Å². The summed E-state index contributed by atoms with van der Waals surface area (Å²) in [5, 5.41) is 1.57. The molecule has 0 spiro atoms. The molecule has 1 fully saturated rings. The minimum absolute atomic E-state index is 0.736. The molecule has 2 heteroatoms. The number of piperidine rings is 1. The van der Waals surface area contributed by atoms with Crippen LogP contribution in [0, 0.1) is 0 Å². The van der Waals surface area contributed by atoms with Gasteiger partial charge in [-0.05, 0) is 32.3 Å². The SMILES string of the molecule is CC1CCCC(C)N1Cc1ccc([Si](C)(C)C)cc1. The molecule has 19 heavy (non-hydrogen) atoms. The predicted molar refractivity (Wildman–Crippen MR) is 87.7 cm³/mol. The van der Waals surface area contributed by atoms with Crippen LogP contribution in [-0.4, -0.2) is 25.1 Å². The number of benzene rings is 1.